The smallest absolute Gasteiger partial charge is 0.274 e. The second kappa shape index (κ2) is 7.67. The summed E-state index contributed by atoms with van der Waals surface area (Å²) in [6, 6.07) is 7.11. The number of aliphatic imine (C=N–C) groups is 1. The van der Waals surface area contributed by atoms with Crippen molar-refractivity contribution in [2.24, 2.45) is 10.7 Å². The van der Waals surface area contributed by atoms with Crippen LogP contribution >= 0.6 is 11.6 Å². The van der Waals surface area contributed by atoms with Crippen LogP contribution in [0.3, 0.4) is 0 Å². The van der Waals surface area contributed by atoms with Gasteiger partial charge in [0, 0.05) is 16.8 Å². The normalized spacial score (nSPS) is 20.4. The molecule has 7 nitrogen and oxygen atoms in total. The molecule has 0 spiro atoms. The molecule has 1 atom stereocenters. The van der Waals surface area contributed by atoms with Crippen LogP contribution in [0.15, 0.2) is 40.7 Å². The molecule has 1 heterocycles. The van der Waals surface area contributed by atoms with E-state index >= 15 is 0 Å². The number of rotatable bonds is 5. The lowest BCUT2D eigenvalue weighted by atomic mass is 10.0. The zero-order valence-corrected chi connectivity index (χ0v) is 14.4. The summed E-state index contributed by atoms with van der Waals surface area (Å²) in [7, 11) is 0. The molecule has 6 N–H and O–H groups in total. The van der Waals surface area contributed by atoms with E-state index < -0.39 is 12.1 Å². The average Bonchev–Trinajstić information content (AvgIpc) is 3.07. The minimum absolute atomic E-state index is 0.167. The van der Waals surface area contributed by atoms with Gasteiger partial charge in [-0.25, -0.2) is 4.99 Å². The molecule has 3 rings (SSSR count). The highest BCUT2D eigenvalue weighted by molar-refractivity contribution is 6.48. The number of anilines is 1. The number of nitrogens with two attached hydrogens (primary N) is 1. The number of nitrogens with zero attached hydrogens (tertiary/aromatic N) is 1. The van der Waals surface area contributed by atoms with Gasteiger partial charge in [-0.3, -0.25) is 15.5 Å². The Labute approximate surface area is 151 Å². The van der Waals surface area contributed by atoms with Crippen molar-refractivity contribution < 1.29 is 4.79 Å². The van der Waals surface area contributed by atoms with Gasteiger partial charge in [-0.1, -0.05) is 30.5 Å². The van der Waals surface area contributed by atoms with E-state index in [2.05, 4.69) is 20.9 Å². The number of halogens is 1. The number of amides is 1. The van der Waals surface area contributed by atoms with Crippen LogP contribution in [0.4, 0.5) is 5.69 Å². The van der Waals surface area contributed by atoms with Crippen LogP contribution in [-0.4, -0.2) is 30.2 Å². The van der Waals surface area contributed by atoms with E-state index in [1.807, 2.05) is 0 Å². The summed E-state index contributed by atoms with van der Waals surface area (Å²) >= 11 is 5.92. The van der Waals surface area contributed by atoms with E-state index in [1.54, 1.807) is 24.3 Å². The molecular formula is C17H21ClN6O. The topological polar surface area (TPSA) is 115 Å². The largest absolute Gasteiger partial charge is 0.383 e. The highest BCUT2D eigenvalue weighted by Crippen LogP contribution is 2.21. The second-order valence-electron chi connectivity index (χ2n) is 6.14. The molecule has 0 radical (unpaired) electrons. The summed E-state index contributed by atoms with van der Waals surface area (Å²) < 4.78 is 0. The predicted molar refractivity (Wildman–Crippen MR) is 99.8 cm³/mol. The first-order valence-corrected chi connectivity index (χ1v) is 8.62. The van der Waals surface area contributed by atoms with Crippen molar-refractivity contribution in [1.29, 1.82) is 5.41 Å². The van der Waals surface area contributed by atoms with Crippen LogP contribution in [0, 0.1) is 5.41 Å². The number of carbonyl (C=O) groups is 1. The zero-order valence-electron chi connectivity index (χ0n) is 13.7. The van der Waals surface area contributed by atoms with Gasteiger partial charge in [0.1, 0.15) is 17.7 Å². The minimum Gasteiger partial charge on any atom is -0.383 e. The molecule has 25 heavy (non-hydrogen) atoms. The molecule has 1 aliphatic heterocycles. The van der Waals surface area contributed by atoms with Crippen molar-refractivity contribution in [2.75, 3.05) is 5.32 Å². The first-order chi connectivity index (χ1) is 12.0. The number of benzene rings is 1. The molecule has 0 bridgehead atoms. The molecule has 0 aromatic heterocycles. The van der Waals surface area contributed by atoms with Crippen molar-refractivity contribution in [3.63, 3.8) is 0 Å². The Bertz CT molecular complexity index is 738. The van der Waals surface area contributed by atoms with Gasteiger partial charge in [0.05, 0.1) is 11.9 Å². The van der Waals surface area contributed by atoms with Crippen LogP contribution in [0.1, 0.15) is 25.7 Å². The molecule has 1 amide bonds. The maximum atomic E-state index is 12.5. The molecule has 8 heteroatoms. The SMILES string of the molecule is N=C(C(=O)Nc1cccc(Cl)c1)C1=C(N)N=CNC1NC1CCCC1. The fourth-order valence-corrected chi connectivity index (χ4v) is 3.29. The average molecular weight is 361 g/mol. The quantitative estimate of drug-likeness (QED) is 0.516. The molecule has 1 aliphatic carbocycles. The lowest BCUT2D eigenvalue weighted by molar-refractivity contribution is -0.110. The van der Waals surface area contributed by atoms with Crippen molar-refractivity contribution >= 4 is 35.2 Å². The van der Waals surface area contributed by atoms with Crippen LogP contribution in [-0.2, 0) is 4.79 Å². The van der Waals surface area contributed by atoms with E-state index in [4.69, 9.17) is 22.7 Å². The Morgan fingerprint density at radius 1 is 1.36 bits per heavy atom. The molecule has 0 saturated heterocycles. The molecule has 1 aromatic rings. The Morgan fingerprint density at radius 3 is 2.84 bits per heavy atom. The van der Waals surface area contributed by atoms with E-state index in [1.165, 1.54) is 19.2 Å². The minimum atomic E-state index is -0.558. The molecule has 1 aromatic carbocycles. The third-order valence-corrected chi connectivity index (χ3v) is 4.58. The fourth-order valence-electron chi connectivity index (χ4n) is 3.10. The van der Waals surface area contributed by atoms with Gasteiger partial charge < -0.3 is 16.4 Å². The lowest BCUT2D eigenvalue weighted by Crippen LogP contribution is -2.52. The van der Waals surface area contributed by atoms with Crippen LogP contribution < -0.4 is 21.7 Å². The number of carbonyl (C=O) groups excluding carboxylic acids is 1. The van der Waals surface area contributed by atoms with Crippen molar-refractivity contribution in [3.05, 3.63) is 40.7 Å². The summed E-state index contributed by atoms with van der Waals surface area (Å²) in [5.74, 6) is -0.391. The van der Waals surface area contributed by atoms with E-state index in [-0.39, 0.29) is 11.5 Å². The first-order valence-electron chi connectivity index (χ1n) is 8.24. The molecule has 1 saturated carbocycles. The maximum absolute atomic E-state index is 12.5. The van der Waals surface area contributed by atoms with E-state index in [0.717, 1.165) is 12.8 Å². The summed E-state index contributed by atoms with van der Waals surface area (Å²) in [5.41, 5.74) is 6.61. The molecule has 132 valence electrons. The number of nitrogens with one attached hydrogen (secondary N) is 4. The standard InChI is InChI=1S/C17H21ClN6O/c18-10-4-3-7-12(8-10)24-17(25)14(19)13-15(20)21-9-22-16(13)23-11-5-1-2-6-11/h3-4,7-9,11,16,19,23H,1-2,5-6,20H2,(H,21,22)(H,24,25). The highest BCUT2D eigenvalue weighted by Gasteiger charge is 2.30. The van der Waals surface area contributed by atoms with Gasteiger partial charge in [0.15, 0.2) is 0 Å². The van der Waals surface area contributed by atoms with Crippen molar-refractivity contribution in [3.8, 4) is 0 Å². The summed E-state index contributed by atoms with van der Waals surface area (Å²) in [6.45, 7) is 0. The monoisotopic (exact) mass is 360 g/mol. The zero-order chi connectivity index (χ0) is 17.8. The van der Waals surface area contributed by atoms with Crippen molar-refractivity contribution in [2.45, 2.75) is 37.9 Å². The Morgan fingerprint density at radius 2 is 2.12 bits per heavy atom. The molecule has 1 fully saturated rings. The maximum Gasteiger partial charge on any atom is 0.274 e. The Balaban J connectivity index is 1.74. The number of hydrogen-bond donors (Lipinski definition) is 5. The van der Waals surface area contributed by atoms with Crippen LogP contribution in [0.25, 0.3) is 0 Å². The first kappa shape index (κ1) is 17.4. The third kappa shape index (κ3) is 4.18. The molecular weight excluding hydrogens is 340 g/mol. The van der Waals surface area contributed by atoms with Crippen LogP contribution in [0.2, 0.25) is 5.02 Å². The van der Waals surface area contributed by atoms with Gasteiger partial charge in [-0.05, 0) is 31.0 Å². The summed E-state index contributed by atoms with van der Waals surface area (Å²) in [4.78, 5) is 16.5. The van der Waals surface area contributed by atoms with Gasteiger partial charge in [-0.2, -0.15) is 0 Å². The molecule has 2 aliphatic rings. The number of hydrogen-bond acceptors (Lipinski definition) is 6. The Kier molecular flexibility index (Phi) is 5.35. The lowest BCUT2D eigenvalue weighted by Gasteiger charge is -2.28. The van der Waals surface area contributed by atoms with Crippen molar-refractivity contribution in [1.82, 2.24) is 10.6 Å². The van der Waals surface area contributed by atoms with Gasteiger partial charge in [-0.15, -0.1) is 0 Å². The fraction of sp³-hybridized carbons (Fsp3) is 0.353. The molecule has 1 unspecified atom stereocenters. The van der Waals surface area contributed by atoms with Gasteiger partial charge in [0.2, 0.25) is 0 Å². The van der Waals surface area contributed by atoms with Gasteiger partial charge in [0.25, 0.3) is 5.91 Å². The second-order valence-corrected chi connectivity index (χ2v) is 6.58. The summed E-state index contributed by atoms with van der Waals surface area (Å²) in [5, 5.41) is 17.9. The predicted octanol–water partition coefficient (Wildman–Crippen LogP) is 1.96. The third-order valence-electron chi connectivity index (χ3n) is 4.35. The highest BCUT2D eigenvalue weighted by atomic mass is 35.5. The van der Waals surface area contributed by atoms with Crippen LogP contribution in [0.5, 0.6) is 0 Å². The van der Waals surface area contributed by atoms with Gasteiger partial charge >= 0.3 is 0 Å². The summed E-state index contributed by atoms with van der Waals surface area (Å²) in [6.07, 6.45) is 5.60. The Hall–Kier alpha value is -2.38. The van der Waals surface area contributed by atoms with E-state index in [9.17, 15) is 4.79 Å². The van der Waals surface area contributed by atoms with E-state index in [0.29, 0.717) is 22.3 Å².